The molecule has 3 rings (SSSR count). The fourth-order valence-corrected chi connectivity index (χ4v) is 5.23. The SMILES string of the molecule is Cc1cccc(S(=O)(=O)NCC(c2ccsc2)N2CCCCCC2)c1. The number of thiophene rings is 1. The largest absolute Gasteiger partial charge is 0.295 e. The highest BCUT2D eigenvalue weighted by Gasteiger charge is 2.24. The van der Waals surface area contributed by atoms with Gasteiger partial charge in [0.05, 0.1) is 4.90 Å². The van der Waals surface area contributed by atoms with Gasteiger partial charge in [0.1, 0.15) is 0 Å². The van der Waals surface area contributed by atoms with Crippen LogP contribution in [0.5, 0.6) is 0 Å². The Labute approximate surface area is 154 Å². The second-order valence-electron chi connectivity index (χ2n) is 6.69. The number of nitrogens with zero attached hydrogens (tertiary/aromatic N) is 1. The van der Waals surface area contributed by atoms with Gasteiger partial charge in [-0.25, -0.2) is 13.1 Å². The lowest BCUT2D eigenvalue weighted by molar-refractivity contribution is 0.206. The molecule has 1 atom stereocenters. The Kier molecular flexibility index (Phi) is 6.28. The van der Waals surface area contributed by atoms with E-state index in [-0.39, 0.29) is 6.04 Å². The van der Waals surface area contributed by atoms with E-state index in [1.807, 2.05) is 13.0 Å². The Morgan fingerprint density at radius 3 is 2.56 bits per heavy atom. The third-order valence-corrected chi connectivity index (χ3v) is 6.90. The summed E-state index contributed by atoms with van der Waals surface area (Å²) in [7, 11) is -3.49. The van der Waals surface area contributed by atoms with Crippen molar-refractivity contribution >= 4 is 21.4 Å². The fourth-order valence-electron chi connectivity index (χ4n) is 3.38. The average molecular weight is 379 g/mol. The highest BCUT2D eigenvalue weighted by Crippen LogP contribution is 2.26. The molecular weight excluding hydrogens is 352 g/mol. The molecule has 4 nitrogen and oxygen atoms in total. The van der Waals surface area contributed by atoms with E-state index in [1.165, 1.54) is 31.2 Å². The maximum absolute atomic E-state index is 12.7. The minimum absolute atomic E-state index is 0.101. The Bertz CT molecular complexity index is 764. The summed E-state index contributed by atoms with van der Waals surface area (Å²) in [4.78, 5) is 2.78. The van der Waals surface area contributed by atoms with Crippen LogP contribution in [0.3, 0.4) is 0 Å². The molecule has 0 saturated carbocycles. The molecule has 2 aromatic rings. The second-order valence-corrected chi connectivity index (χ2v) is 9.24. The summed E-state index contributed by atoms with van der Waals surface area (Å²) in [6, 6.07) is 9.28. The van der Waals surface area contributed by atoms with Crippen LogP contribution in [0.15, 0.2) is 46.0 Å². The topological polar surface area (TPSA) is 49.4 Å². The summed E-state index contributed by atoms with van der Waals surface area (Å²) in [5.74, 6) is 0. The maximum atomic E-state index is 12.7. The lowest BCUT2D eigenvalue weighted by atomic mass is 10.1. The Hall–Kier alpha value is -1.21. The van der Waals surface area contributed by atoms with Crippen LogP contribution in [0, 0.1) is 6.92 Å². The summed E-state index contributed by atoms with van der Waals surface area (Å²) in [6.45, 7) is 4.39. The van der Waals surface area contributed by atoms with Crippen molar-refractivity contribution in [2.75, 3.05) is 19.6 Å². The molecule has 0 aliphatic carbocycles. The van der Waals surface area contributed by atoms with Gasteiger partial charge in [0, 0.05) is 12.6 Å². The van der Waals surface area contributed by atoms with Gasteiger partial charge >= 0.3 is 0 Å². The number of hydrogen-bond acceptors (Lipinski definition) is 4. The van der Waals surface area contributed by atoms with Crippen LogP contribution < -0.4 is 4.72 Å². The van der Waals surface area contributed by atoms with E-state index in [1.54, 1.807) is 29.5 Å². The average Bonchev–Trinajstić information content (AvgIpc) is 2.98. The first kappa shape index (κ1) is 18.6. The molecule has 25 heavy (non-hydrogen) atoms. The van der Waals surface area contributed by atoms with Crippen LogP contribution in [-0.2, 0) is 10.0 Å². The van der Waals surface area contributed by atoms with Crippen molar-refractivity contribution in [3.63, 3.8) is 0 Å². The zero-order chi connectivity index (χ0) is 17.7. The Morgan fingerprint density at radius 1 is 1.16 bits per heavy atom. The van der Waals surface area contributed by atoms with Gasteiger partial charge in [0.15, 0.2) is 0 Å². The normalized spacial score (nSPS) is 18.0. The van der Waals surface area contributed by atoms with E-state index in [0.717, 1.165) is 18.7 Å². The van der Waals surface area contributed by atoms with Crippen LogP contribution in [0.2, 0.25) is 0 Å². The van der Waals surface area contributed by atoms with Gasteiger partial charge in [-0.2, -0.15) is 11.3 Å². The predicted molar refractivity (Wildman–Crippen MR) is 103 cm³/mol. The number of hydrogen-bond donors (Lipinski definition) is 1. The van der Waals surface area contributed by atoms with E-state index in [2.05, 4.69) is 26.4 Å². The standard InChI is InChI=1S/C19H26N2O2S2/c1-16-7-6-8-18(13-16)25(22,23)20-14-19(17-9-12-24-15-17)21-10-4-2-3-5-11-21/h6-9,12-13,15,19-20H,2-5,10-11,14H2,1H3. The first-order valence-corrected chi connectivity index (χ1v) is 11.3. The lowest BCUT2D eigenvalue weighted by Crippen LogP contribution is -2.38. The molecule has 1 aliphatic heterocycles. The number of nitrogens with one attached hydrogen (secondary N) is 1. The quantitative estimate of drug-likeness (QED) is 0.828. The summed E-state index contributed by atoms with van der Waals surface area (Å²) >= 11 is 1.66. The van der Waals surface area contributed by atoms with Crippen molar-refractivity contribution in [2.24, 2.45) is 0 Å². The van der Waals surface area contributed by atoms with Gasteiger partial charge < -0.3 is 0 Å². The molecule has 1 aromatic carbocycles. The zero-order valence-electron chi connectivity index (χ0n) is 14.6. The summed E-state index contributed by atoms with van der Waals surface area (Å²) < 4.78 is 28.2. The summed E-state index contributed by atoms with van der Waals surface area (Å²) in [6.07, 6.45) is 4.90. The van der Waals surface area contributed by atoms with Crippen molar-refractivity contribution in [2.45, 2.75) is 43.5 Å². The van der Waals surface area contributed by atoms with Crippen LogP contribution in [-0.4, -0.2) is 33.0 Å². The molecule has 0 amide bonds. The molecule has 2 heterocycles. The van der Waals surface area contributed by atoms with Gasteiger partial charge in [-0.3, -0.25) is 4.90 Å². The molecule has 136 valence electrons. The zero-order valence-corrected chi connectivity index (χ0v) is 16.3. The van der Waals surface area contributed by atoms with E-state index in [0.29, 0.717) is 11.4 Å². The van der Waals surface area contributed by atoms with Crippen molar-refractivity contribution in [3.8, 4) is 0 Å². The van der Waals surface area contributed by atoms with Crippen molar-refractivity contribution in [1.29, 1.82) is 0 Å². The number of aryl methyl sites for hydroxylation is 1. The van der Waals surface area contributed by atoms with E-state index >= 15 is 0 Å². The number of sulfonamides is 1. The Balaban J connectivity index is 1.76. The molecule has 1 aromatic heterocycles. The van der Waals surface area contributed by atoms with E-state index in [9.17, 15) is 8.42 Å². The number of rotatable bonds is 6. The molecule has 0 bridgehead atoms. The molecule has 1 N–H and O–H groups in total. The molecule has 6 heteroatoms. The van der Waals surface area contributed by atoms with Gasteiger partial charge in [0.2, 0.25) is 10.0 Å². The van der Waals surface area contributed by atoms with Crippen LogP contribution in [0.4, 0.5) is 0 Å². The lowest BCUT2D eigenvalue weighted by Gasteiger charge is -2.30. The molecule has 1 saturated heterocycles. The summed E-state index contributed by atoms with van der Waals surface area (Å²) in [5, 5.41) is 4.20. The van der Waals surface area contributed by atoms with E-state index in [4.69, 9.17) is 0 Å². The predicted octanol–water partition coefficient (Wildman–Crippen LogP) is 3.95. The third kappa shape index (κ3) is 4.91. The van der Waals surface area contributed by atoms with Crippen molar-refractivity contribution in [3.05, 3.63) is 52.2 Å². The van der Waals surface area contributed by atoms with Gasteiger partial charge in [-0.1, -0.05) is 25.0 Å². The molecule has 0 spiro atoms. The Morgan fingerprint density at radius 2 is 1.92 bits per heavy atom. The molecule has 1 aliphatic rings. The summed E-state index contributed by atoms with van der Waals surface area (Å²) in [5.41, 5.74) is 2.16. The van der Waals surface area contributed by atoms with E-state index < -0.39 is 10.0 Å². The molecule has 0 radical (unpaired) electrons. The van der Waals surface area contributed by atoms with Crippen molar-refractivity contribution < 1.29 is 8.42 Å². The highest BCUT2D eigenvalue weighted by molar-refractivity contribution is 7.89. The first-order chi connectivity index (χ1) is 12.1. The van der Waals surface area contributed by atoms with Crippen LogP contribution in [0.1, 0.15) is 42.9 Å². The maximum Gasteiger partial charge on any atom is 0.240 e. The monoisotopic (exact) mass is 378 g/mol. The van der Waals surface area contributed by atoms with Gasteiger partial charge in [-0.15, -0.1) is 0 Å². The third-order valence-electron chi connectivity index (χ3n) is 4.78. The first-order valence-electron chi connectivity index (χ1n) is 8.89. The fraction of sp³-hybridized carbons (Fsp3) is 0.474. The minimum Gasteiger partial charge on any atom is -0.295 e. The highest BCUT2D eigenvalue weighted by atomic mass is 32.2. The molecule has 1 unspecified atom stereocenters. The minimum atomic E-state index is -3.49. The second kappa shape index (κ2) is 8.45. The van der Waals surface area contributed by atoms with Gasteiger partial charge in [-0.05, 0) is 72.9 Å². The van der Waals surface area contributed by atoms with Gasteiger partial charge in [0.25, 0.3) is 0 Å². The molecule has 1 fully saturated rings. The molecular formula is C19H26N2O2S2. The number of likely N-dealkylation sites (tertiary alicyclic amines) is 1. The number of benzene rings is 1. The smallest absolute Gasteiger partial charge is 0.240 e. The van der Waals surface area contributed by atoms with Crippen LogP contribution >= 0.6 is 11.3 Å². The van der Waals surface area contributed by atoms with Crippen LogP contribution in [0.25, 0.3) is 0 Å². The van der Waals surface area contributed by atoms with Crippen molar-refractivity contribution in [1.82, 2.24) is 9.62 Å².